The van der Waals surface area contributed by atoms with E-state index in [1.807, 2.05) is 0 Å². The van der Waals surface area contributed by atoms with Gasteiger partial charge in [0.05, 0.1) is 6.54 Å². The van der Waals surface area contributed by atoms with E-state index in [0.717, 1.165) is 6.54 Å². The van der Waals surface area contributed by atoms with E-state index in [0.29, 0.717) is 18.6 Å². The van der Waals surface area contributed by atoms with Gasteiger partial charge in [0.15, 0.2) is 0 Å². The van der Waals surface area contributed by atoms with Crippen LogP contribution in [0.15, 0.2) is 0 Å². The third kappa shape index (κ3) is 4.25. The molecule has 1 unspecified atom stereocenters. The summed E-state index contributed by atoms with van der Waals surface area (Å²) >= 11 is 0. The molecule has 2 N–H and O–H groups in total. The number of carbonyl (C=O) groups excluding carboxylic acids is 1. The highest BCUT2D eigenvalue weighted by molar-refractivity contribution is 5.78. The highest BCUT2D eigenvalue weighted by atomic mass is 16.1. The standard InChI is InChI=1S/C14H27N3O/c1-17-9-5-4-8-13(17)10-16-14(18)11-15-12-6-2-3-7-12/h12-13,15H,2-11H2,1H3,(H,16,18). The van der Waals surface area contributed by atoms with Gasteiger partial charge in [-0.3, -0.25) is 4.79 Å². The van der Waals surface area contributed by atoms with Crippen molar-refractivity contribution in [3.05, 3.63) is 0 Å². The van der Waals surface area contributed by atoms with Crippen molar-refractivity contribution < 1.29 is 4.79 Å². The van der Waals surface area contributed by atoms with E-state index < -0.39 is 0 Å². The SMILES string of the molecule is CN1CCCCC1CNC(=O)CNC1CCCC1. The van der Waals surface area contributed by atoms with Crippen molar-refractivity contribution in [2.24, 2.45) is 0 Å². The van der Waals surface area contributed by atoms with E-state index in [1.165, 1.54) is 51.5 Å². The molecule has 1 aliphatic heterocycles. The smallest absolute Gasteiger partial charge is 0.234 e. The number of likely N-dealkylation sites (tertiary alicyclic amines) is 1. The average molecular weight is 253 g/mol. The maximum atomic E-state index is 11.8. The van der Waals surface area contributed by atoms with Crippen LogP contribution in [0.25, 0.3) is 0 Å². The predicted molar refractivity (Wildman–Crippen MR) is 73.5 cm³/mol. The summed E-state index contributed by atoms with van der Waals surface area (Å²) in [5.41, 5.74) is 0. The van der Waals surface area contributed by atoms with E-state index in [4.69, 9.17) is 0 Å². The van der Waals surface area contributed by atoms with Crippen molar-refractivity contribution in [2.75, 3.05) is 26.7 Å². The molecule has 1 atom stereocenters. The lowest BCUT2D eigenvalue weighted by Crippen LogP contribution is -2.46. The lowest BCUT2D eigenvalue weighted by Gasteiger charge is -2.32. The zero-order chi connectivity index (χ0) is 12.8. The third-order valence-electron chi connectivity index (χ3n) is 4.36. The number of hydrogen-bond donors (Lipinski definition) is 2. The minimum Gasteiger partial charge on any atom is -0.353 e. The Balaban J connectivity index is 1.58. The van der Waals surface area contributed by atoms with E-state index in [1.54, 1.807) is 0 Å². The highest BCUT2D eigenvalue weighted by Gasteiger charge is 2.19. The summed E-state index contributed by atoms with van der Waals surface area (Å²) in [6.45, 7) is 2.46. The molecule has 2 fully saturated rings. The van der Waals surface area contributed by atoms with Crippen LogP contribution in [0.3, 0.4) is 0 Å². The minimum atomic E-state index is 0.154. The van der Waals surface area contributed by atoms with Crippen molar-refractivity contribution in [1.82, 2.24) is 15.5 Å². The van der Waals surface area contributed by atoms with E-state index in [9.17, 15) is 4.79 Å². The minimum absolute atomic E-state index is 0.154. The van der Waals surface area contributed by atoms with Crippen LogP contribution in [-0.4, -0.2) is 49.6 Å². The molecule has 0 aromatic heterocycles. The zero-order valence-corrected chi connectivity index (χ0v) is 11.6. The molecule has 1 amide bonds. The summed E-state index contributed by atoms with van der Waals surface area (Å²) in [6.07, 6.45) is 8.90. The first-order valence-corrected chi connectivity index (χ1v) is 7.46. The fourth-order valence-corrected chi connectivity index (χ4v) is 3.06. The Morgan fingerprint density at radius 3 is 2.61 bits per heavy atom. The molecular weight excluding hydrogens is 226 g/mol. The number of amides is 1. The van der Waals surface area contributed by atoms with Gasteiger partial charge >= 0.3 is 0 Å². The number of nitrogens with one attached hydrogen (secondary N) is 2. The van der Waals surface area contributed by atoms with Crippen molar-refractivity contribution >= 4 is 5.91 Å². The van der Waals surface area contributed by atoms with Gasteiger partial charge in [-0.2, -0.15) is 0 Å². The Bertz CT molecular complexity index is 264. The summed E-state index contributed by atoms with van der Waals surface area (Å²) in [4.78, 5) is 14.1. The maximum absolute atomic E-state index is 11.8. The zero-order valence-electron chi connectivity index (χ0n) is 11.6. The van der Waals surface area contributed by atoms with Gasteiger partial charge in [0.25, 0.3) is 0 Å². The number of rotatable bonds is 5. The fourth-order valence-electron chi connectivity index (χ4n) is 3.06. The largest absolute Gasteiger partial charge is 0.353 e. The second-order valence-electron chi connectivity index (χ2n) is 5.80. The van der Waals surface area contributed by atoms with Crippen LogP contribution in [0.1, 0.15) is 44.9 Å². The second kappa shape index (κ2) is 7.10. The van der Waals surface area contributed by atoms with Crippen LogP contribution in [0, 0.1) is 0 Å². The van der Waals surface area contributed by atoms with Gasteiger partial charge in [0, 0.05) is 18.6 Å². The predicted octanol–water partition coefficient (Wildman–Crippen LogP) is 1.12. The van der Waals surface area contributed by atoms with Crippen molar-refractivity contribution in [2.45, 2.75) is 57.0 Å². The number of piperidine rings is 1. The van der Waals surface area contributed by atoms with E-state index in [-0.39, 0.29) is 5.91 Å². The van der Waals surface area contributed by atoms with Gasteiger partial charge < -0.3 is 15.5 Å². The van der Waals surface area contributed by atoms with Crippen LogP contribution in [-0.2, 0) is 4.79 Å². The summed E-state index contributed by atoms with van der Waals surface area (Å²) in [5.74, 6) is 0.154. The van der Waals surface area contributed by atoms with Gasteiger partial charge in [-0.1, -0.05) is 19.3 Å². The van der Waals surface area contributed by atoms with Crippen LogP contribution >= 0.6 is 0 Å². The number of carbonyl (C=O) groups is 1. The Hall–Kier alpha value is -0.610. The monoisotopic (exact) mass is 253 g/mol. The summed E-state index contributed by atoms with van der Waals surface area (Å²) in [6, 6.07) is 1.11. The molecule has 0 aromatic rings. The average Bonchev–Trinajstić information content (AvgIpc) is 2.88. The highest BCUT2D eigenvalue weighted by Crippen LogP contribution is 2.17. The Kier molecular flexibility index (Phi) is 5.45. The van der Waals surface area contributed by atoms with Gasteiger partial charge in [0.1, 0.15) is 0 Å². The third-order valence-corrected chi connectivity index (χ3v) is 4.36. The molecular formula is C14H27N3O. The molecule has 4 heteroatoms. The quantitative estimate of drug-likeness (QED) is 0.772. The van der Waals surface area contributed by atoms with Crippen molar-refractivity contribution in [3.63, 3.8) is 0 Å². The lowest BCUT2D eigenvalue weighted by molar-refractivity contribution is -0.120. The first-order valence-electron chi connectivity index (χ1n) is 7.46. The molecule has 1 saturated carbocycles. The molecule has 1 saturated heterocycles. The molecule has 2 rings (SSSR count). The molecule has 2 aliphatic rings. The van der Waals surface area contributed by atoms with Gasteiger partial charge in [-0.25, -0.2) is 0 Å². The first-order chi connectivity index (χ1) is 8.75. The topological polar surface area (TPSA) is 44.4 Å². The number of hydrogen-bond acceptors (Lipinski definition) is 3. The van der Waals surface area contributed by atoms with Gasteiger partial charge in [-0.15, -0.1) is 0 Å². The molecule has 0 bridgehead atoms. The first kappa shape index (κ1) is 13.8. The molecule has 4 nitrogen and oxygen atoms in total. The van der Waals surface area contributed by atoms with Crippen LogP contribution < -0.4 is 10.6 Å². The Morgan fingerprint density at radius 2 is 1.89 bits per heavy atom. The number of likely N-dealkylation sites (N-methyl/N-ethyl adjacent to an activating group) is 1. The maximum Gasteiger partial charge on any atom is 0.234 e. The number of nitrogens with zero attached hydrogens (tertiary/aromatic N) is 1. The summed E-state index contributed by atoms with van der Waals surface area (Å²) < 4.78 is 0. The second-order valence-corrected chi connectivity index (χ2v) is 5.80. The van der Waals surface area contributed by atoms with Crippen molar-refractivity contribution in [3.8, 4) is 0 Å². The molecule has 104 valence electrons. The summed E-state index contributed by atoms with van der Waals surface area (Å²) in [7, 11) is 2.16. The van der Waals surface area contributed by atoms with Gasteiger partial charge in [0.2, 0.25) is 5.91 Å². The Morgan fingerprint density at radius 1 is 1.17 bits per heavy atom. The fraction of sp³-hybridized carbons (Fsp3) is 0.929. The van der Waals surface area contributed by atoms with Gasteiger partial charge in [-0.05, 0) is 39.3 Å². The summed E-state index contributed by atoms with van der Waals surface area (Å²) in [5, 5.41) is 6.42. The Labute approximate surface area is 110 Å². The molecule has 1 heterocycles. The molecule has 0 aromatic carbocycles. The van der Waals surface area contributed by atoms with Crippen LogP contribution in [0.4, 0.5) is 0 Å². The van der Waals surface area contributed by atoms with Crippen LogP contribution in [0.2, 0.25) is 0 Å². The molecule has 0 radical (unpaired) electrons. The van der Waals surface area contributed by atoms with E-state index in [2.05, 4.69) is 22.6 Å². The molecule has 0 spiro atoms. The van der Waals surface area contributed by atoms with Crippen LogP contribution in [0.5, 0.6) is 0 Å². The molecule has 1 aliphatic carbocycles. The van der Waals surface area contributed by atoms with Crippen molar-refractivity contribution in [1.29, 1.82) is 0 Å². The van der Waals surface area contributed by atoms with E-state index >= 15 is 0 Å². The lowest BCUT2D eigenvalue weighted by atomic mass is 10.0. The molecule has 18 heavy (non-hydrogen) atoms. The normalized spacial score (nSPS) is 26.4.